The predicted molar refractivity (Wildman–Crippen MR) is 81.6 cm³/mol. The lowest BCUT2D eigenvalue weighted by atomic mass is 9.95. The number of halogens is 3. The predicted octanol–water partition coefficient (Wildman–Crippen LogP) is 3.14. The third-order valence-corrected chi connectivity index (χ3v) is 4.02. The van der Waals surface area contributed by atoms with Crippen molar-refractivity contribution in [3.05, 3.63) is 33.8 Å². The number of rotatable bonds is 2. The van der Waals surface area contributed by atoms with Gasteiger partial charge in [0.25, 0.3) is 5.91 Å². The Kier molecular flexibility index (Phi) is 6.40. The van der Waals surface area contributed by atoms with Gasteiger partial charge in [0, 0.05) is 11.6 Å². The summed E-state index contributed by atoms with van der Waals surface area (Å²) < 4.78 is 0. The van der Waals surface area contributed by atoms with Gasteiger partial charge in [-0.25, -0.2) is 0 Å². The maximum Gasteiger partial charge on any atom is 0.251 e. The van der Waals surface area contributed by atoms with Crippen LogP contribution in [-0.2, 0) is 0 Å². The second-order valence-electron chi connectivity index (χ2n) is 4.68. The Morgan fingerprint density at radius 1 is 1.37 bits per heavy atom. The van der Waals surface area contributed by atoms with E-state index in [1.54, 1.807) is 18.2 Å². The Balaban J connectivity index is 0.00000180. The minimum Gasteiger partial charge on any atom is -0.349 e. The summed E-state index contributed by atoms with van der Waals surface area (Å²) in [6, 6.07) is 5.15. The Hall–Kier alpha value is -0.480. The summed E-state index contributed by atoms with van der Waals surface area (Å²) in [5, 5.41) is 7.22. The molecule has 1 amide bonds. The van der Waals surface area contributed by atoms with Crippen molar-refractivity contribution < 1.29 is 4.79 Å². The topological polar surface area (TPSA) is 41.1 Å². The fourth-order valence-corrected chi connectivity index (χ4v) is 2.42. The van der Waals surface area contributed by atoms with Crippen molar-refractivity contribution in [3.8, 4) is 0 Å². The van der Waals surface area contributed by atoms with Gasteiger partial charge in [0.1, 0.15) is 0 Å². The molecule has 0 radical (unpaired) electrons. The Morgan fingerprint density at radius 2 is 2.11 bits per heavy atom. The minimum atomic E-state index is -0.0904. The largest absolute Gasteiger partial charge is 0.349 e. The van der Waals surface area contributed by atoms with E-state index in [1.165, 1.54) is 0 Å². The third kappa shape index (κ3) is 4.25. The number of nitrogens with one attached hydrogen (secondary N) is 2. The second kappa shape index (κ2) is 7.34. The van der Waals surface area contributed by atoms with Crippen molar-refractivity contribution in [1.29, 1.82) is 0 Å². The molecule has 2 unspecified atom stereocenters. The highest BCUT2D eigenvalue weighted by molar-refractivity contribution is 6.42. The quantitative estimate of drug-likeness (QED) is 0.878. The molecule has 106 valence electrons. The molecule has 2 rings (SSSR count). The van der Waals surface area contributed by atoms with Gasteiger partial charge in [0.2, 0.25) is 0 Å². The second-order valence-corrected chi connectivity index (χ2v) is 5.49. The first kappa shape index (κ1) is 16.6. The fraction of sp³-hybridized carbons (Fsp3) is 0.462. The van der Waals surface area contributed by atoms with Gasteiger partial charge in [-0.05, 0) is 43.6 Å². The van der Waals surface area contributed by atoms with Crippen molar-refractivity contribution in [1.82, 2.24) is 10.6 Å². The lowest BCUT2D eigenvalue weighted by Gasteiger charge is -2.30. The molecule has 6 heteroatoms. The van der Waals surface area contributed by atoms with Gasteiger partial charge in [-0.15, -0.1) is 12.4 Å². The van der Waals surface area contributed by atoms with Gasteiger partial charge >= 0.3 is 0 Å². The van der Waals surface area contributed by atoms with Crippen LogP contribution in [0.4, 0.5) is 0 Å². The van der Waals surface area contributed by atoms with Crippen molar-refractivity contribution in [3.63, 3.8) is 0 Å². The van der Waals surface area contributed by atoms with Crippen LogP contribution in [0.3, 0.4) is 0 Å². The van der Waals surface area contributed by atoms with E-state index in [-0.39, 0.29) is 24.4 Å². The van der Waals surface area contributed by atoms with Crippen molar-refractivity contribution in [2.45, 2.75) is 19.4 Å². The number of carbonyl (C=O) groups is 1. The summed E-state index contributed by atoms with van der Waals surface area (Å²) in [7, 11) is 0. The van der Waals surface area contributed by atoms with Crippen molar-refractivity contribution in [2.24, 2.45) is 5.92 Å². The molecule has 1 aromatic carbocycles. The summed E-state index contributed by atoms with van der Waals surface area (Å²) in [5.41, 5.74) is 0.551. The molecule has 3 nitrogen and oxygen atoms in total. The van der Waals surface area contributed by atoms with Gasteiger partial charge < -0.3 is 10.6 Å². The molecule has 1 aliphatic rings. The average Bonchev–Trinajstić information content (AvgIpc) is 2.35. The van der Waals surface area contributed by atoms with Crippen molar-refractivity contribution >= 4 is 41.5 Å². The molecule has 2 atom stereocenters. The van der Waals surface area contributed by atoms with Crippen LogP contribution in [0, 0.1) is 5.92 Å². The maximum atomic E-state index is 12.1. The molecule has 2 N–H and O–H groups in total. The third-order valence-electron chi connectivity index (χ3n) is 3.28. The molecular weight excluding hydrogens is 307 g/mol. The Labute approximate surface area is 129 Å². The van der Waals surface area contributed by atoms with Gasteiger partial charge in [-0.1, -0.05) is 30.1 Å². The molecule has 0 spiro atoms. The maximum absolute atomic E-state index is 12.1. The first-order valence-electron chi connectivity index (χ1n) is 6.04. The van der Waals surface area contributed by atoms with Crippen LogP contribution < -0.4 is 10.6 Å². The van der Waals surface area contributed by atoms with Crippen LogP contribution in [0.1, 0.15) is 23.7 Å². The zero-order chi connectivity index (χ0) is 13.1. The van der Waals surface area contributed by atoms with Gasteiger partial charge in [0.15, 0.2) is 0 Å². The van der Waals surface area contributed by atoms with Crippen LogP contribution in [0.2, 0.25) is 10.0 Å². The number of amides is 1. The van der Waals surface area contributed by atoms with Gasteiger partial charge in [0.05, 0.1) is 10.0 Å². The molecular formula is C13H17Cl3N2O. The first-order chi connectivity index (χ1) is 8.58. The van der Waals surface area contributed by atoms with Gasteiger partial charge in [-0.2, -0.15) is 0 Å². The zero-order valence-electron chi connectivity index (χ0n) is 10.6. The van der Waals surface area contributed by atoms with Crippen molar-refractivity contribution in [2.75, 3.05) is 13.1 Å². The van der Waals surface area contributed by atoms with E-state index in [9.17, 15) is 4.79 Å². The number of piperidine rings is 1. The standard InChI is InChI=1S/C13H16Cl2N2O.ClH/c1-8-7-16-5-4-12(8)17-13(18)9-2-3-10(14)11(15)6-9;/h2-3,6,8,12,16H,4-5,7H2,1H3,(H,17,18);1H. The fourth-order valence-electron chi connectivity index (χ4n) is 2.12. The number of benzene rings is 1. The number of hydrogen-bond donors (Lipinski definition) is 2. The number of hydrogen-bond acceptors (Lipinski definition) is 2. The first-order valence-corrected chi connectivity index (χ1v) is 6.80. The Morgan fingerprint density at radius 3 is 2.74 bits per heavy atom. The molecule has 0 aromatic heterocycles. The smallest absolute Gasteiger partial charge is 0.251 e. The van der Waals surface area contributed by atoms with E-state index >= 15 is 0 Å². The minimum absolute atomic E-state index is 0. The van der Waals surface area contributed by atoms with Crippen LogP contribution >= 0.6 is 35.6 Å². The summed E-state index contributed by atoms with van der Waals surface area (Å²) in [6.07, 6.45) is 0.953. The van der Waals surface area contributed by atoms with E-state index in [1.807, 2.05) is 0 Å². The van der Waals surface area contributed by atoms with Crippen LogP contribution in [0.25, 0.3) is 0 Å². The molecule has 1 heterocycles. The molecule has 1 aromatic rings. The highest BCUT2D eigenvalue weighted by Gasteiger charge is 2.23. The molecule has 19 heavy (non-hydrogen) atoms. The lowest BCUT2D eigenvalue weighted by molar-refractivity contribution is 0.0914. The molecule has 0 aliphatic carbocycles. The van der Waals surface area contributed by atoms with Crippen LogP contribution in [0.5, 0.6) is 0 Å². The molecule has 0 saturated carbocycles. The molecule has 1 aliphatic heterocycles. The van der Waals surface area contributed by atoms with E-state index in [2.05, 4.69) is 17.6 Å². The van der Waals surface area contributed by atoms with E-state index in [0.29, 0.717) is 21.5 Å². The summed E-state index contributed by atoms with van der Waals surface area (Å²) >= 11 is 11.7. The zero-order valence-corrected chi connectivity index (χ0v) is 12.9. The monoisotopic (exact) mass is 322 g/mol. The Bertz CT molecular complexity index is 454. The van der Waals surface area contributed by atoms with E-state index in [4.69, 9.17) is 23.2 Å². The normalized spacial score (nSPS) is 22.5. The lowest BCUT2D eigenvalue weighted by Crippen LogP contribution is -2.48. The highest BCUT2D eigenvalue weighted by atomic mass is 35.5. The van der Waals surface area contributed by atoms with E-state index < -0.39 is 0 Å². The molecule has 0 bridgehead atoms. The van der Waals surface area contributed by atoms with Crippen LogP contribution in [-0.4, -0.2) is 25.0 Å². The van der Waals surface area contributed by atoms with Crippen LogP contribution in [0.15, 0.2) is 18.2 Å². The average molecular weight is 324 g/mol. The summed E-state index contributed by atoms with van der Waals surface area (Å²) in [6.45, 7) is 4.01. The number of carbonyl (C=O) groups excluding carboxylic acids is 1. The summed E-state index contributed by atoms with van der Waals surface area (Å²) in [5.74, 6) is 0.345. The highest BCUT2D eigenvalue weighted by Crippen LogP contribution is 2.22. The molecule has 1 fully saturated rings. The van der Waals surface area contributed by atoms with E-state index in [0.717, 1.165) is 19.5 Å². The van der Waals surface area contributed by atoms with Gasteiger partial charge in [-0.3, -0.25) is 4.79 Å². The SMILES string of the molecule is CC1CNCCC1NC(=O)c1ccc(Cl)c(Cl)c1.Cl. The molecule has 1 saturated heterocycles. The summed E-state index contributed by atoms with van der Waals surface area (Å²) in [4.78, 5) is 12.1.